The van der Waals surface area contributed by atoms with Gasteiger partial charge >= 0.3 is 0 Å². The lowest BCUT2D eigenvalue weighted by molar-refractivity contribution is -0.147. The van der Waals surface area contributed by atoms with Crippen LogP contribution in [0.5, 0.6) is 0 Å². The largest absolute Gasteiger partial charge is 0.370 e. The van der Waals surface area contributed by atoms with Crippen molar-refractivity contribution in [3.63, 3.8) is 0 Å². The number of amides is 1. The molecule has 4 rings (SSSR count). The normalized spacial score (nSPS) is 27.0. The zero-order chi connectivity index (χ0) is 21.0. The summed E-state index contributed by atoms with van der Waals surface area (Å²) in [5.41, 5.74) is 1.43. The lowest BCUT2D eigenvalue weighted by Gasteiger charge is -2.52. The zero-order valence-electron chi connectivity index (χ0n) is 18.7. The molecule has 1 aromatic carbocycles. The number of piperidine rings is 2. The number of nitrogens with one attached hydrogen (secondary N) is 1. The van der Waals surface area contributed by atoms with Crippen LogP contribution in [-0.2, 0) is 15.1 Å². The van der Waals surface area contributed by atoms with Crippen LogP contribution in [0.3, 0.4) is 0 Å². The van der Waals surface area contributed by atoms with Gasteiger partial charge < -0.3 is 19.9 Å². The van der Waals surface area contributed by atoms with Crippen molar-refractivity contribution in [3.8, 4) is 0 Å². The van der Waals surface area contributed by atoms with Crippen molar-refractivity contribution in [1.82, 2.24) is 20.0 Å². The van der Waals surface area contributed by atoms with Gasteiger partial charge in [0.2, 0.25) is 0 Å². The Labute approximate surface area is 181 Å². The van der Waals surface area contributed by atoms with E-state index < -0.39 is 0 Å². The van der Waals surface area contributed by atoms with Gasteiger partial charge in [0.05, 0.1) is 0 Å². The maximum absolute atomic E-state index is 13.3. The molecule has 0 aliphatic carbocycles. The molecule has 1 amide bonds. The number of likely N-dealkylation sites (N-methyl/N-ethyl adjacent to an activating group) is 1. The Balaban J connectivity index is 1.48. The van der Waals surface area contributed by atoms with E-state index in [1.54, 1.807) is 7.11 Å². The molecular formula is C24H38N4O2. The smallest absolute Gasteiger partial charge is 0.253 e. The molecule has 166 valence electrons. The molecule has 3 aliphatic rings. The van der Waals surface area contributed by atoms with Gasteiger partial charge in [-0.25, -0.2) is 0 Å². The first-order valence-electron chi connectivity index (χ1n) is 11.7. The van der Waals surface area contributed by atoms with Gasteiger partial charge in [-0.2, -0.15) is 0 Å². The van der Waals surface area contributed by atoms with Crippen molar-refractivity contribution < 1.29 is 9.53 Å². The first kappa shape index (κ1) is 21.8. The number of rotatable bonds is 5. The van der Waals surface area contributed by atoms with Crippen LogP contribution in [0.1, 0.15) is 37.7 Å². The number of methoxy groups -OCH3 is 1. The summed E-state index contributed by atoms with van der Waals surface area (Å²) in [6.45, 7) is 6.97. The van der Waals surface area contributed by atoms with E-state index >= 15 is 0 Å². The Morgan fingerprint density at radius 1 is 1.07 bits per heavy atom. The van der Waals surface area contributed by atoms with Gasteiger partial charge in [0.25, 0.3) is 5.91 Å². The Kier molecular flexibility index (Phi) is 7.08. The molecule has 1 aromatic rings. The number of ether oxygens (including phenoxy) is 1. The summed E-state index contributed by atoms with van der Waals surface area (Å²) >= 11 is 0. The Hall–Kier alpha value is -1.47. The fourth-order valence-electron chi connectivity index (χ4n) is 5.62. The van der Waals surface area contributed by atoms with E-state index in [2.05, 4.69) is 57.4 Å². The highest BCUT2D eigenvalue weighted by Gasteiger charge is 2.44. The second-order valence-corrected chi connectivity index (χ2v) is 9.23. The lowest BCUT2D eigenvalue weighted by Crippen LogP contribution is -2.60. The number of carbonyl (C=O) groups is 1. The van der Waals surface area contributed by atoms with Crippen LogP contribution in [0.15, 0.2) is 30.3 Å². The van der Waals surface area contributed by atoms with Gasteiger partial charge in [-0.1, -0.05) is 36.8 Å². The summed E-state index contributed by atoms with van der Waals surface area (Å²) in [5, 5.41) is 3.50. The average Bonchev–Trinajstić information content (AvgIpc) is 2.81. The molecule has 0 saturated carbocycles. The van der Waals surface area contributed by atoms with Gasteiger partial charge in [0.1, 0.15) is 0 Å². The highest BCUT2D eigenvalue weighted by Crippen LogP contribution is 2.39. The molecule has 3 aliphatic heterocycles. The van der Waals surface area contributed by atoms with E-state index in [9.17, 15) is 4.79 Å². The predicted octanol–water partition coefficient (Wildman–Crippen LogP) is 1.91. The van der Waals surface area contributed by atoms with Crippen LogP contribution >= 0.6 is 0 Å². The number of likely N-dealkylation sites (tertiary alicyclic amines) is 1. The van der Waals surface area contributed by atoms with Gasteiger partial charge in [0.15, 0.2) is 6.10 Å². The zero-order valence-corrected chi connectivity index (χ0v) is 18.7. The average molecular weight is 415 g/mol. The molecule has 3 fully saturated rings. The predicted molar refractivity (Wildman–Crippen MR) is 119 cm³/mol. The van der Waals surface area contributed by atoms with Crippen LogP contribution in [0, 0.1) is 0 Å². The minimum atomic E-state index is -0.363. The van der Waals surface area contributed by atoms with Crippen molar-refractivity contribution in [1.29, 1.82) is 0 Å². The Morgan fingerprint density at radius 3 is 2.37 bits per heavy atom. The molecule has 1 N–H and O–H groups in total. The molecule has 0 bridgehead atoms. The van der Waals surface area contributed by atoms with Gasteiger partial charge in [0, 0.05) is 58.0 Å². The number of nitrogens with zero attached hydrogens (tertiary/aromatic N) is 3. The molecular weight excluding hydrogens is 376 g/mol. The van der Waals surface area contributed by atoms with E-state index in [-0.39, 0.29) is 23.6 Å². The molecule has 3 saturated heterocycles. The van der Waals surface area contributed by atoms with Gasteiger partial charge in [-0.15, -0.1) is 0 Å². The third-order valence-corrected chi connectivity index (χ3v) is 7.53. The summed E-state index contributed by atoms with van der Waals surface area (Å²) in [5.74, 6) is 0.164. The fraction of sp³-hybridized carbons (Fsp3) is 0.708. The van der Waals surface area contributed by atoms with E-state index in [0.29, 0.717) is 0 Å². The third-order valence-electron chi connectivity index (χ3n) is 7.53. The first-order valence-corrected chi connectivity index (χ1v) is 11.7. The summed E-state index contributed by atoms with van der Waals surface area (Å²) in [6, 6.07) is 11.1. The van der Waals surface area contributed by atoms with Crippen LogP contribution < -0.4 is 5.32 Å². The molecule has 2 atom stereocenters. The third kappa shape index (κ3) is 4.42. The number of hydrogen-bond donors (Lipinski definition) is 1. The standard InChI is InChI=1S/C24H38N4O2/c1-26-16-18-28(19-17-26)24(20-8-4-3-5-9-20)11-14-27(15-12-24)23(29)22(30-2)21-10-6-7-13-25-21/h3-5,8-9,21-22,25H,6-7,10-19H2,1-2H3. The highest BCUT2D eigenvalue weighted by atomic mass is 16.5. The molecule has 0 radical (unpaired) electrons. The van der Waals surface area contributed by atoms with Crippen LogP contribution in [-0.4, -0.2) is 92.7 Å². The van der Waals surface area contributed by atoms with E-state index in [4.69, 9.17) is 4.74 Å². The molecule has 6 nitrogen and oxygen atoms in total. The summed E-state index contributed by atoms with van der Waals surface area (Å²) < 4.78 is 5.70. The molecule has 0 spiro atoms. The maximum Gasteiger partial charge on any atom is 0.253 e. The van der Waals surface area contributed by atoms with Crippen LogP contribution in [0.2, 0.25) is 0 Å². The number of piperazine rings is 1. The second-order valence-electron chi connectivity index (χ2n) is 9.23. The minimum Gasteiger partial charge on any atom is -0.370 e. The van der Waals surface area contributed by atoms with E-state index in [0.717, 1.165) is 65.1 Å². The van der Waals surface area contributed by atoms with Crippen molar-refractivity contribution in [2.75, 3.05) is 60.0 Å². The van der Waals surface area contributed by atoms with Crippen molar-refractivity contribution in [2.45, 2.75) is 49.8 Å². The number of hydrogen-bond acceptors (Lipinski definition) is 5. The summed E-state index contributed by atoms with van der Waals surface area (Å²) in [4.78, 5) is 20.5. The number of benzene rings is 1. The highest BCUT2D eigenvalue weighted by molar-refractivity contribution is 5.82. The van der Waals surface area contributed by atoms with Crippen LogP contribution in [0.4, 0.5) is 0 Å². The summed E-state index contributed by atoms with van der Waals surface area (Å²) in [6.07, 6.45) is 4.99. The Bertz CT molecular complexity index is 676. The van der Waals surface area contributed by atoms with Crippen molar-refractivity contribution >= 4 is 5.91 Å². The van der Waals surface area contributed by atoms with Crippen molar-refractivity contribution in [2.24, 2.45) is 0 Å². The fourth-order valence-corrected chi connectivity index (χ4v) is 5.62. The summed E-state index contributed by atoms with van der Waals surface area (Å²) in [7, 11) is 3.89. The monoisotopic (exact) mass is 414 g/mol. The first-order chi connectivity index (χ1) is 14.6. The second kappa shape index (κ2) is 9.77. The van der Waals surface area contributed by atoms with Gasteiger partial charge in [-0.3, -0.25) is 9.69 Å². The van der Waals surface area contributed by atoms with E-state index in [1.807, 2.05) is 0 Å². The lowest BCUT2D eigenvalue weighted by atomic mass is 9.78. The van der Waals surface area contributed by atoms with E-state index in [1.165, 1.54) is 18.4 Å². The minimum absolute atomic E-state index is 0.0327. The molecule has 2 unspecified atom stereocenters. The maximum atomic E-state index is 13.3. The topological polar surface area (TPSA) is 48.1 Å². The molecule has 0 aromatic heterocycles. The van der Waals surface area contributed by atoms with Gasteiger partial charge in [-0.05, 0) is 44.8 Å². The molecule has 30 heavy (non-hydrogen) atoms. The Morgan fingerprint density at radius 2 is 1.77 bits per heavy atom. The molecule has 3 heterocycles. The SMILES string of the molecule is COC(C(=O)N1CCC(c2ccccc2)(N2CCN(C)CC2)CC1)C1CCCCN1. The van der Waals surface area contributed by atoms with Crippen molar-refractivity contribution in [3.05, 3.63) is 35.9 Å². The van der Waals surface area contributed by atoms with Crippen LogP contribution in [0.25, 0.3) is 0 Å². The quantitative estimate of drug-likeness (QED) is 0.798. The number of carbonyl (C=O) groups excluding carboxylic acids is 1. The molecule has 6 heteroatoms.